The number of likely N-dealkylation sites (tertiary alicyclic amines) is 1. The van der Waals surface area contributed by atoms with Crippen LogP contribution < -0.4 is 16.4 Å². The second-order valence-electron chi connectivity index (χ2n) is 5.87. The minimum Gasteiger partial charge on any atom is -0.352 e. The summed E-state index contributed by atoms with van der Waals surface area (Å²) in [6.07, 6.45) is 1.71. The first-order valence-corrected chi connectivity index (χ1v) is 7.39. The molecule has 7 nitrogen and oxygen atoms in total. The third kappa shape index (κ3) is 5.71. The summed E-state index contributed by atoms with van der Waals surface area (Å²) in [6.45, 7) is 6.27. The molecule has 2 atom stereocenters. The second-order valence-corrected chi connectivity index (χ2v) is 5.87. The van der Waals surface area contributed by atoms with Gasteiger partial charge in [0, 0.05) is 26.1 Å². The Bertz CT molecular complexity index is 398. The number of nitrogens with two attached hydrogens (primary N) is 1. The molecule has 1 fully saturated rings. The minimum atomic E-state index is -0.605. The molecule has 0 saturated carbocycles. The van der Waals surface area contributed by atoms with Gasteiger partial charge in [0.15, 0.2) is 0 Å². The normalized spacial score (nSPS) is 20.0. The zero-order valence-electron chi connectivity index (χ0n) is 13.0. The van der Waals surface area contributed by atoms with Crippen molar-refractivity contribution in [3.63, 3.8) is 0 Å². The molecule has 0 aromatic carbocycles. The van der Waals surface area contributed by atoms with Crippen molar-refractivity contribution in [2.45, 2.75) is 45.7 Å². The fraction of sp³-hybridized carbons (Fsp3) is 0.786. The van der Waals surface area contributed by atoms with Crippen molar-refractivity contribution in [2.75, 3.05) is 19.6 Å². The van der Waals surface area contributed by atoms with Crippen LogP contribution in [0.15, 0.2) is 0 Å². The van der Waals surface area contributed by atoms with Gasteiger partial charge in [-0.3, -0.25) is 14.4 Å². The topological polar surface area (TPSA) is 105 Å². The zero-order valence-corrected chi connectivity index (χ0v) is 13.0. The van der Waals surface area contributed by atoms with Crippen LogP contribution in [0.4, 0.5) is 0 Å². The van der Waals surface area contributed by atoms with Gasteiger partial charge in [-0.1, -0.05) is 13.8 Å². The summed E-state index contributed by atoms with van der Waals surface area (Å²) in [7, 11) is 0. The molecule has 1 rings (SSSR count). The molecule has 120 valence electrons. The van der Waals surface area contributed by atoms with E-state index in [1.165, 1.54) is 6.92 Å². The number of amides is 3. The maximum atomic E-state index is 12.1. The summed E-state index contributed by atoms with van der Waals surface area (Å²) in [5, 5.41) is 5.40. The van der Waals surface area contributed by atoms with Gasteiger partial charge in [0.05, 0.1) is 12.6 Å². The van der Waals surface area contributed by atoms with E-state index in [2.05, 4.69) is 10.6 Å². The van der Waals surface area contributed by atoms with E-state index in [9.17, 15) is 14.4 Å². The molecule has 1 aliphatic heterocycles. The number of nitrogens with one attached hydrogen (secondary N) is 2. The van der Waals surface area contributed by atoms with Gasteiger partial charge in [0.25, 0.3) is 0 Å². The molecule has 0 aliphatic carbocycles. The monoisotopic (exact) mass is 298 g/mol. The molecular formula is C14H26N4O3. The number of nitrogens with zero attached hydrogens (tertiary/aromatic N) is 1. The van der Waals surface area contributed by atoms with E-state index in [1.54, 1.807) is 4.90 Å². The summed E-state index contributed by atoms with van der Waals surface area (Å²) in [5.41, 5.74) is 5.72. The lowest BCUT2D eigenvalue weighted by Gasteiger charge is -2.33. The first kappa shape index (κ1) is 17.4. The predicted molar refractivity (Wildman–Crippen MR) is 79.2 cm³/mol. The minimum absolute atomic E-state index is 0.00572. The van der Waals surface area contributed by atoms with Crippen LogP contribution >= 0.6 is 0 Å². The molecule has 0 aromatic heterocycles. The lowest BCUT2D eigenvalue weighted by atomic mass is 10.0. The van der Waals surface area contributed by atoms with Gasteiger partial charge in [-0.15, -0.1) is 0 Å². The van der Waals surface area contributed by atoms with Crippen molar-refractivity contribution >= 4 is 17.7 Å². The largest absolute Gasteiger partial charge is 0.352 e. The SMILES string of the molecule is CC(=O)NC1CCCN(C(=O)CNC(=O)[C@@H](N)C(C)C)C1. The van der Waals surface area contributed by atoms with Gasteiger partial charge in [0.2, 0.25) is 17.7 Å². The number of hydrogen-bond donors (Lipinski definition) is 3. The predicted octanol–water partition coefficient (Wildman–Crippen LogP) is -0.787. The molecule has 4 N–H and O–H groups in total. The van der Waals surface area contributed by atoms with Gasteiger partial charge in [-0.2, -0.15) is 0 Å². The van der Waals surface area contributed by atoms with Gasteiger partial charge >= 0.3 is 0 Å². The van der Waals surface area contributed by atoms with Crippen molar-refractivity contribution < 1.29 is 14.4 Å². The summed E-state index contributed by atoms with van der Waals surface area (Å²) < 4.78 is 0. The lowest BCUT2D eigenvalue weighted by molar-refractivity contribution is -0.134. The quantitative estimate of drug-likeness (QED) is 0.619. The molecule has 1 saturated heterocycles. The van der Waals surface area contributed by atoms with Crippen LogP contribution in [0.2, 0.25) is 0 Å². The van der Waals surface area contributed by atoms with E-state index in [4.69, 9.17) is 5.73 Å². The highest BCUT2D eigenvalue weighted by atomic mass is 16.2. The van der Waals surface area contributed by atoms with E-state index in [0.717, 1.165) is 12.8 Å². The van der Waals surface area contributed by atoms with Crippen LogP contribution in [0, 0.1) is 5.92 Å². The summed E-state index contributed by atoms with van der Waals surface area (Å²) >= 11 is 0. The maximum Gasteiger partial charge on any atom is 0.242 e. The van der Waals surface area contributed by atoms with Gasteiger partial charge in [0.1, 0.15) is 0 Å². The fourth-order valence-electron chi connectivity index (χ4n) is 2.30. The van der Waals surface area contributed by atoms with Crippen molar-refractivity contribution in [3.8, 4) is 0 Å². The Morgan fingerprint density at radius 3 is 2.57 bits per heavy atom. The third-order valence-corrected chi connectivity index (χ3v) is 3.62. The van der Waals surface area contributed by atoms with Crippen LogP contribution in [0.1, 0.15) is 33.6 Å². The molecule has 0 radical (unpaired) electrons. The van der Waals surface area contributed by atoms with E-state index >= 15 is 0 Å². The highest BCUT2D eigenvalue weighted by Crippen LogP contribution is 2.10. The van der Waals surface area contributed by atoms with Crippen LogP contribution in [0.3, 0.4) is 0 Å². The number of piperidine rings is 1. The van der Waals surface area contributed by atoms with Crippen molar-refractivity contribution in [3.05, 3.63) is 0 Å². The molecule has 21 heavy (non-hydrogen) atoms. The molecule has 1 heterocycles. The summed E-state index contributed by atoms with van der Waals surface area (Å²) in [6, 6.07) is -0.611. The Morgan fingerprint density at radius 2 is 2.00 bits per heavy atom. The summed E-state index contributed by atoms with van der Waals surface area (Å²) in [4.78, 5) is 36.5. The zero-order chi connectivity index (χ0) is 16.0. The van der Waals surface area contributed by atoms with Crippen molar-refractivity contribution in [1.82, 2.24) is 15.5 Å². The average Bonchev–Trinajstić information content (AvgIpc) is 2.42. The standard InChI is InChI=1S/C14H26N4O3/c1-9(2)13(15)14(21)16-7-12(20)18-6-4-5-11(8-18)17-10(3)19/h9,11,13H,4-8,15H2,1-3H3,(H,16,21)(H,17,19)/t11?,13-/m0/s1. The Morgan fingerprint density at radius 1 is 1.33 bits per heavy atom. The van der Waals surface area contributed by atoms with Gasteiger partial charge in [-0.05, 0) is 18.8 Å². The molecule has 1 unspecified atom stereocenters. The van der Waals surface area contributed by atoms with Crippen LogP contribution in [-0.4, -0.2) is 54.3 Å². The van der Waals surface area contributed by atoms with E-state index in [0.29, 0.717) is 13.1 Å². The summed E-state index contributed by atoms with van der Waals surface area (Å²) in [5.74, 6) is -0.520. The number of rotatable bonds is 5. The maximum absolute atomic E-state index is 12.1. The number of carbonyl (C=O) groups excluding carboxylic acids is 3. The van der Waals surface area contributed by atoms with Crippen molar-refractivity contribution in [2.24, 2.45) is 11.7 Å². The second kappa shape index (κ2) is 7.97. The molecule has 0 aromatic rings. The molecule has 7 heteroatoms. The van der Waals surface area contributed by atoms with Gasteiger partial charge < -0.3 is 21.3 Å². The molecule has 0 spiro atoms. The number of hydrogen-bond acceptors (Lipinski definition) is 4. The van der Waals surface area contributed by atoms with E-state index in [1.807, 2.05) is 13.8 Å². The highest BCUT2D eigenvalue weighted by molar-refractivity contribution is 5.87. The Hall–Kier alpha value is -1.63. The smallest absolute Gasteiger partial charge is 0.242 e. The average molecular weight is 298 g/mol. The fourth-order valence-corrected chi connectivity index (χ4v) is 2.30. The Kier molecular flexibility index (Phi) is 6.61. The molecule has 1 aliphatic rings. The lowest BCUT2D eigenvalue weighted by Crippen LogP contribution is -2.52. The van der Waals surface area contributed by atoms with E-state index < -0.39 is 6.04 Å². The third-order valence-electron chi connectivity index (χ3n) is 3.62. The molecular weight excluding hydrogens is 272 g/mol. The van der Waals surface area contributed by atoms with E-state index in [-0.39, 0.29) is 36.2 Å². The first-order valence-electron chi connectivity index (χ1n) is 7.39. The molecule has 3 amide bonds. The van der Waals surface area contributed by atoms with Crippen LogP contribution in [0.5, 0.6) is 0 Å². The Balaban J connectivity index is 2.41. The molecule has 0 bridgehead atoms. The Labute approximate surface area is 125 Å². The first-order chi connectivity index (χ1) is 9.81. The number of carbonyl (C=O) groups is 3. The van der Waals surface area contributed by atoms with Crippen molar-refractivity contribution in [1.29, 1.82) is 0 Å². The van der Waals surface area contributed by atoms with Crippen LogP contribution in [0.25, 0.3) is 0 Å². The van der Waals surface area contributed by atoms with Gasteiger partial charge in [-0.25, -0.2) is 0 Å². The highest BCUT2D eigenvalue weighted by Gasteiger charge is 2.25. The van der Waals surface area contributed by atoms with Crippen LogP contribution in [-0.2, 0) is 14.4 Å².